The maximum absolute atomic E-state index is 11.8. The van der Waals surface area contributed by atoms with Crippen molar-refractivity contribution >= 4 is 18.0 Å². The average Bonchev–Trinajstić information content (AvgIpc) is 2.70. The molecule has 0 saturated carbocycles. The van der Waals surface area contributed by atoms with Crippen molar-refractivity contribution in [3.05, 3.63) is 65.7 Å². The van der Waals surface area contributed by atoms with Crippen LogP contribution in [0.15, 0.2) is 54.6 Å². The van der Waals surface area contributed by atoms with Gasteiger partial charge in [-0.15, -0.1) is 0 Å². The molecule has 2 amide bonds. The predicted molar refractivity (Wildman–Crippen MR) is 97.1 cm³/mol. The van der Waals surface area contributed by atoms with E-state index in [4.69, 9.17) is 9.62 Å². The highest BCUT2D eigenvalue weighted by atomic mass is 17.2. The molecular formula is C19H20N2O7. The van der Waals surface area contributed by atoms with E-state index in [2.05, 4.69) is 15.5 Å². The van der Waals surface area contributed by atoms with Gasteiger partial charge in [-0.25, -0.2) is 9.59 Å². The second-order valence-corrected chi connectivity index (χ2v) is 5.47. The number of alkyl carbamates (subject to hydrolysis) is 1. The molecule has 28 heavy (non-hydrogen) atoms. The van der Waals surface area contributed by atoms with Crippen LogP contribution >= 0.6 is 0 Å². The molecule has 0 atom stereocenters. The predicted octanol–water partition coefficient (Wildman–Crippen LogP) is 1.52. The van der Waals surface area contributed by atoms with Gasteiger partial charge in [0, 0.05) is 0 Å². The maximum Gasteiger partial charge on any atom is 0.407 e. The third kappa shape index (κ3) is 7.34. The van der Waals surface area contributed by atoms with E-state index in [0.717, 1.165) is 5.56 Å². The van der Waals surface area contributed by atoms with Crippen LogP contribution in [0.5, 0.6) is 5.75 Å². The van der Waals surface area contributed by atoms with Crippen molar-refractivity contribution in [2.75, 3.05) is 19.7 Å². The van der Waals surface area contributed by atoms with Crippen molar-refractivity contribution in [1.82, 2.24) is 10.6 Å². The first-order chi connectivity index (χ1) is 13.6. The van der Waals surface area contributed by atoms with Gasteiger partial charge in [-0.3, -0.25) is 9.68 Å². The zero-order valence-electron chi connectivity index (χ0n) is 14.9. The highest BCUT2D eigenvalue weighted by molar-refractivity contribution is 5.96. The van der Waals surface area contributed by atoms with Gasteiger partial charge in [-0.05, 0) is 17.7 Å². The van der Waals surface area contributed by atoms with E-state index in [9.17, 15) is 19.5 Å². The lowest BCUT2D eigenvalue weighted by atomic mass is 10.2. The first kappa shape index (κ1) is 20.7. The first-order valence-corrected chi connectivity index (χ1v) is 8.39. The summed E-state index contributed by atoms with van der Waals surface area (Å²) < 4.78 is 4.81. The molecule has 0 aromatic heterocycles. The van der Waals surface area contributed by atoms with E-state index in [1.807, 2.05) is 18.2 Å². The second kappa shape index (κ2) is 11.2. The number of para-hydroxylation sites is 1. The normalized spacial score (nSPS) is 10.0. The first-order valence-electron chi connectivity index (χ1n) is 8.39. The van der Waals surface area contributed by atoms with Gasteiger partial charge in [0.25, 0.3) is 5.91 Å². The number of aromatic hydroxyl groups is 1. The molecule has 2 aromatic carbocycles. The van der Waals surface area contributed by atoms with Crippen molar-refractivity contribution < 1.29 is 34.0 Å². The highest BCUT2D eigenvalue weighted by Crippen LogP contribution is 2.14. The zero-order chi connectivity index (χ0) is 20.2. The highest BCUT2D eigenvalue weighted by Gasteiger charge is 2.11. The van der Waals surface area contributed by atoms with Crippen LogP contribution in [0, 0.1) is 0 Å². The number of ether oxygens (including phenoxy) is 1. The number of amides is 2. The van der Waals surface area contributed by atoms with Crippen LogP contribution in [0.1, 0.15) is 15.9 Å². The molecule has 9 nitrogen and oxygen atoms in total. The van der Waals surface area contributed by atoms with Crippen LogP contribution in [0.3, 0.4) is 0 Å². The van der Waals surface area contributed by atoms with Gasteiger partial charge in [0.15, 0.2) is 0 Å². The van der Waals surface area contributed by atoms with E-state index in [0.29, 0.717) is 0 Å². The standard InChI is InChI=1S/C19H20N2O7/c22-16-9-5-4-8-15(16)18(24)20-10-11-26-19(25)21-12-17(23)28-27-13-14-6-2-1-3-7-14/h1-9,22H,10-13H2,(H,20,24)(H,21,25). The lowest BCUT2D eigenvalue weighted by Crippen LogP contribution is -2.34. The van der Waals surface area contributed by atoms with Gasteiger partial charge in [0.05, 0.1) is 12.1 Å². The molecule has 0 spiro atoms. The Balaban J connectivity index is 1.54. The van der Waals surface area contributed by atoms with Crippen LogP contribution in [0.2, 0.25) is 0 Å². The van der Waals surface area contributed by atoms with Gasteiger partial charge in [-0.1, -0.05) is 42.5 Å². The average molecular weight is 388 g/mol. The minimum Gasteiger partial charge on any atom is -0.507 e. The number of nitrogens with one attached hydrogen (secondary N) is 2. The smallest absolute Gasteiger partial charge is 0.407 e. The summed E-state index contributed by atoms with van der Waals surface area (Å²) in [4.78, 5) is 44.1. The van der Waals surface area contributed by atoms with Gasteiger partial charge in [0.1, 0.15) is 25.5 Å². The Morgan fingerprint density at radius 2 is 1.64 bits per heavy atom. The van der Waals surface area contributed by atoms with Crippen molar-refractivity contribution in [3.63, 3.8) is 0 Å². The van der Waals surface area contributed by atoms with Crippen molar-refractivity contribution in [1.29, 1.82) is 0 Å². The number of rotatable bonds is 9. The summed E-state index contributed by atoms with van der Waals surface area (Å²) in [6.45, 7) is -0.429. The lowest BCUT2D eigenvalue weighted by Gasteiger charge is -2.08. The molecular weight excluding hydrogens is 368 g/mol. The molecule has 3 N–H and O–H groups in total. The molecule has 0 saturated heterocycles. The van der Waals surface area contributed by atoms with Gasteiger partial charge in [-0.2, -0.15) is 4.89 Å². The fraction of sp³-hybridized carbons (Fsp3) is 0.211. The fourth-order valence-corrected chi connectivity index (χ4v) is 2.03. The van der Waals surface area contributed by atoms with E-state index >= 15 is 0 Å². The van der Waals surface area contributed by atoms with Gasteiger partial charge < -0.3 is 20.5 Å². The largest absolute Gasteiger partial charge is 0.507 e. The Morgan fingerprint density at radius 3 is 2.39 bits per heavy atom. The molecule has 9 heteroatoms. The van der Waals surface area contributed by atoms with E-state index in [1.54, 1.807) is 24.3 Å². The molecule has 2 rings (SSSR count). The Labute approximate surface area is 161 Å². The SMILES string of the molecule is O=C(CNC(=O)OCCNC(=O)c1ccccc1O)OOCc1ccccc1. The number of phenolic OH excluding ortho intramolecular Hbond substituents is 1. The molecule has 0 fully saturated rings. The third-order valence-electron chi connectivity index (χ3n) is 3.37. The summed E-state index contributed by atoms with van der Waals surface area (Å²) in [7, 11) is 0. The summed E-state index contributed by atoms with van der Waals surface area (Å²) in [6.07, 6.45) is -0.850. The summed E-state index contributed by atoms with van der Waals surface area (Å²) in [5, 5.41) is 14.2. The Bertz CT molecular complexity index is 796. The molecule has 0 aliphatic carbocycles. The summed E-state index contributed by atoms with van der Waals surface area (Å²) in [5.41, 5.74) is 0.943. The summed E-state index contributed by atoms with van der Waals surface area (Å²) in [5.74, 6) is -1.44. The van der Waals surface area contributed by atoms with Crippen molar-refractivity contribution in [2.24, 2.45) is 0 Å². The van der Waals surface area contributed by atoms with Crippen LogP contribution in [-0.4, -0.2) is 42.8 Å². The number of hydrogen-bond acceptors (Lipinski definition) is 7. The Hall–Kier alpha value is -3.59. The van der Waals surface area contributed by atoms with Crippen LogP contribution in [0.25, 0.3) is 0 Å². The summed E-state index contributed by atoms with van der Waals surface area (Å²) in [6, 6.07) is 15.2. The topological polar surface area (TPSA) is 123 Å². The van der Waals surface area contributed by atoms with E-state index in [1.165, 1.54) is 12.1 Å². The number of phenols is 1. The monoisotopic (exact) mass is 388 g/mol. The fourth-order valence-electron chi connectivity index (χ4n) is 2.03. The van der Waals surface area contributed by atoms with Crippen molar-refractivity contribution in [2.45, 2.75) is 6.61 Å². The second-order valence-electron chi connectivity index (χ2n) is 5.47. The van der Waals surface area contributed by atoms with Crippen LogP contribution in [-0.2, 0) is 25.9 Å². The molecule has 0 radical (unpaired) electrons. The molecule has 0 aliphatic rings. The lowest BCUT2D eigenvalue weighted by molar-refractivity contribution is -0.278. The number of carbonyl (C=O) groups is 3. The molecule has 2 aromatic rings. The molecule has 0 heterocycles. The number of carbonyl (C=O) groups excluding carboxylic acids is 3. The molecule has 0 unspecified atom stereocenters. The molecule has 0 bridgehead atoms. The Kier molecular flexibility index (Phi) is 8.28. The minimum absolute atomic E-state index is 0.0330. The van der Waals surface area contributed by atoms with E-state index in [-0.39, 0.29) is 31.1 Å². The Morgan fingerprint density at radius 1 is 0.929 bits per heavy atom. The third-order valence-corrected chi connectivity index (χ3v) is 3.37. The van der Waals surface area contributed by atoms with Crippen LogP contribution < -0.4 is 10.6 Å². The zero-order valence-corrected chi connectivity index (χ0v) is 14.9. The number of hydrogen-bond donors (Lipinski definition) is 3. The maximum atomic E-state index is 11.8. The summed E-state index contributed by atoms with van der Waals surface area (Å²) >= 11 is 0. The molecule has 0 aliphatic heterocycles. The van der Waals surface area contributed by atoms with E-state index < -0.39 is 24.5 Å². The number of benzene rings is 2. The van der Waals surface area contributed by atoms with Gasteiger partial charge in [0.2, 0.25) is 0 Å². The van der Waals surface area contributed by atoms with Crippen molar-refractivity contribution in [3.8, 4) is 5.75 Å². The van der Waals surface area contributed by atoms with Gasteiger partial charge >= 0.3 is 12.1 Å². The molecule has 148 valence electrons. The van der Waals surface area contributed by atoms with Crippen LogP contribution in [0.4, 0.5) is 4.79 Å². The minimum atomic E-state index is -0.850. The quantitative estimate of drug-likeness (QED) is 0.338.